The van der Waals surface area contributed by atoms with Gasteiger partial charge in [-0.2, -0.15) is 0 Å². The van der Waals surface area contributed by atoms with Gasteiger partial charge in [-0.1, -0.05) is 0 Å². The van der Waals surface area contributed by atoms with Gasteiger partial charge in [-0.05, 0) is 26.7 Å². The molecule has 5 heteroatoms. The molecule has 4 N–H and O–H groups in total. The summed E-state index contributed by atoms with van der Waals surface area (Å²) in [4.78, 5) is 11.7. The Balaban J connectivity index is 2.35. The molecule has 1 heterocycles. The van der Waals surface area contributed by atoms with Crippen LogP contribution in [0.3, 0.4) is 0 Å². The quantitative estimate of drug-likeness (QED) is 0.584. The molecule has 0 radical (unpaired) electrons. The van der Waals surface area contributed by atoms with Crippen LogP contribution in [-0.2, 0) is 9.53 Å². The number of rotatable bonds is 4. The Labute approximate surface area is 90.0 Å². The first kappa shape index (κ1) is 12.4. The van der Waals surface area contributed by atoms with Crippen molar-refractivity contribution in [1.82, 2.24) is 5.32 Å². The van der Waals surface area contributed by atoms with E-state index in [1.54, 1.807) is 13.8 Å². The van der Waals surface area contributed by atoms with Crippen LogP contribution < -0.4 is 11.1 Å². The zero-order valence-electron chi connectivity index (χ0n) is 9.32. The molecule has 1 fully saturated rings. The molecule has 1 amide bonds. The minimum Gasteiger partial charge on any atom is -0.392 e. The molecule has 0 spiro atoms. The molecule has 88 valence electrons. The van der Waals surface area contributed by atoms with Crippen LogP contribution in [-0.4, -0.2) is 41.9 Å². The van der Waals surface area contributed by atoms with Crippen LogP contribution in [0.2, 0.25) is 0 Å². The smallest absolute Gasteiger partial charge is 0.252 e. The largest absolute Gasteiger partial charge is 0.392 e. The predicted molar refractivity (Wildman–Crippen MR) is 56.3 cm³/mol. The van der Waals surface area contributed by atoms with Crippen LogP contribution in [0.4, 0.5) is 0 Å². The van der Waals surface area contributed by atoms with Crippen molar-refractivity contribution >= 4 is 5.91 Å². The number of carbonyl (C=O) groups is 1. The number of hydrogen-bond acceptors (Lipinski definition) is 4. The van der Waals surface area contributed by atoms with Gasteiger partial charge in [0.1, 0.15) is 5.60 Å². The molecule has 1 saturated heterocycles. The van der Waals surface area contributed by atoms with Gasteiger partial charge in [0, 0.05) is 19.2 Å². The normalized spacial score (nSPS) is 29.9. The molecule has 1 aliphatic heterocycles. The standard InChI is InChI=1S/C10H20N2O3/c1-7(13)8(11)6-12-9(14)10(2)4-3-5-15-10/h7-8,13H,3-6,11H2,1-2H3,(H,12,14). The monoisotopic (exact) mass is 216 g/mol. The minimum absolute atomic E-state index is 0.142. The fourth-order valence-corrected chi connectivity index (χ4v) is 1.53. The number of amides is 1. The summed E-state index contributed by atoms with van der Waals surface area (Å²) in [6.07, 6.45) is 1.03. The third-order valence-electron chi connectivity index (χ3n) is 2.82. The van der Waals surface area contributed by atoms with Crippen LogP contribution in [0.1, 0.15) is 26.7 Å². The van der Waals surface area contributed by atoms with E-state index in [-0.39, 0.29) is 12.5 Å². The topological polar surface area (TPSA) is 84.6 Å². The molecular formula is C10H20N2O3. The molecule has 3 atom stereocenters. The Morgan fingerprint density at radius 2 is 2.40 bits per heavy atom. The first-order chi connectivity index (χ1) is 6.96. The van der Waals surface area contributed by atoms with Crippen LogP contribution in [0.5, 0.6) is 0 Å². The Morgan fingerprint density at radius 1 is 1.73 bits per heavy atom. The first-order valence-electron chi connectivity index (χ1n) is 5.31. The van der Waals surface area contributed by atoms with Crippen molar-refractivity contribution in [3.63, 3.8) is 0 Å². The number of hydrogen-bond donors (Lipinski definition) is 3. The van der Waals surface area contributed by atoms with Gasteiger partial charge in [0.15, 0.2) is 0 Å². The highest BCUT2D eigenvalue weighted by atomic mass is 16.5. The summed E-state index contributed by atoms with van der Waals surface area (Å²) < 4.78 is 5.38. The summed E-state index contributed by atoms with van der Waals surface area (Å²) >= 11 is 0. The first-order valence-corrected chi connectivity index (χ1v) is 5.31. The van der Waals surface area contributed by atoms with Crippen molar-refractivity contribution in [2.24, 2.45) is 5.73 Å². The van der Waals surface area contributed by atoms with Crippen LogP contribution in [0.15, 0.2) is 0 Å². The Bertz CT molecular complexity index is 225. The number of carbonyl (C=O) groups excluding carboxylic acids is 1. The number of aliphatic hydroxyl groups is 1. The summed E-state index contributed by atoms with van der Waals surface area (Å²) in [6, 6.07) is -0.432. The van der Waals surface area contributed by atoms with E-state index in [9.17, 15) is 4.79 Å². The van der Waals surface area contributed by atoms with Crippen molar-refractivity contribution in [3.05, 3.63) is 0 Å². The number of aliphatic hydroxyl groups excluding tert-OH is 1. The summed E-state index contributed by atoms with van der Waals surface area (Å²) in [6.45, 7) is 4.29. The highest BCUT2D eigenvalue weighted by molar-refractivity contribution is 5.85. The third kappa shape index (κ3) is 3.15. The molecule has 3 unspecified atom stereocenters. The van der Waals surface area contributed by atoms with E-state index >= 15 is 0 Å². The van der Waals surface area contributed by atoms with Crippen molar-refractivity contribution in [2.75, 3.05) is 13.2 Å². The summed E-state index contributed by atoms with van der Waals surface area (Å²) in [7, 11) is 0. The van der Waals surface area contributed by atoms with Gasteiger partial charge in [0.05, 0.1) is 6.10 Å². The molecule has 0 bridgehead atoms. The summed E-state index contributed by atoms with van der Waals surface area (Å²) in [5.74, 6) is -0.142. The highest BCUT2D eigenvalue weighted by Crippen LogP contribution is 2.24. The van der Waals surface area contributed by atoms with Gasteiger partial charge < -0.3 is 20.9 Å². The SMILES string of the molecule is CC(O)C(N)CNC(=O)C1(C)CCCO1. The van der Waals surface area contributed by atoms with E-state index in [0.29, 0.717) is 6.61 Å². The van der Waals surface area contributed by atoms with E-state index in [1.165, 1.54) is 0 Å². The highest BCUT2D eigenvalue weighted by Gasteiger charge is 2.37. The van der Waals surface area contributed by atoms with Crippen LogP contribution in [0, 0.1) is 0 Å². The van der Waals surface area contributed by atoms with Crippen molar-refractivity contribution in [1.29, 1.82) is 0 Å². The predicted octanol–water partition coefficient (Wildman–Crippen LogP) is -0.620. The second-order valence-electron chi connectivity index (χ2n) is 4.30. The van der Waals surface area contributed by atoms with Crippen LogP contribution in [0.25, 0.3) is 0 Å². The molecule has 0 aromatic carbocycles. The van der Waals surface area contributed by atoms with E-state index in [1.807, 2.05) is 0 Å². The number of ether oxygens (including phenoxy) is 1. The van der Waals surface area contributed by atoms with Gasteiger partial charge in [-0.25, -0.2) is 0 Å². The maximum absolute atomic E-state index is 11.7. The zero-order valence-corrected chi connectivity index (χ0v) is 9.32. The van der Waals surface area contributed by atoms with Gasteiger partial charge in [0.2, 0.25) is 0 Å². The summed E-state index contributed by atoms with van der Waals surface area (Å²) in [5.41, 5.74) is 4.89. The van der Waals surface area contributed by atoms with Gasteiger partial charge >= 0.3 is 0 Å². The van der Waals surface area contributed by atoms with Crippen LogP contribution >= 0.6 is 0 Å². The molecule has 15 heavy (non-hydrogen) atoms. The molecule has 5 nitrogen and oxygen atoms in total. The Morgan fingerprint density at radius 3 is 2.87 bits per heavy atom. The summed E-state index contributed by atoms with van der Waals surface area (Å²) in [5, 5.41) is 11.9. The number of nitrogens with two attached hydrogens (primary N) is 1. The average Bonchev–Trinajstić information content (AvgIpc) is 2.62. The molecule has 0 aliphatic carbocycles. The van der Waals surface area contributed by atoms with Crippen molar-refractivity contribution in [2.45, 2.75) is 44.4 Å². The van der Waals surface area contributed by atoms with Crippen molar-refractivity contribution < 1.29 is 14.6 Å². The molecule has 1 aliphatic rings. The maximum Gasteiger partial charge on any atom is 0.252 e. The molecule has 0 aromatic rings. The van der Waals surface area contributed by atoms with Gasteiger partial charge in [-0.3, -0.25) is 4.79 Å². The second-order valence-corrected chi connectivity index (χ2v) is 4.30. The maximum atomic E-state index is 11.7. The van der Waals surface area contributed by atoms with E-state index in [0.717, 1.165) is 12.8 Å². The molecule has 0 saturated carbocycles. The third-order valence-corrected chi connectivity index (χ3v) is 2.82. The second kappa shape index (κ2) is 4.92. The minimum atomic E-state index is -0.710. The lowest BCUT2D eigenvalue weighted by atomic mass is 10.0. The van der Waals surface area contributed by atoms with E-state index in [4.69, 9.17) is 15.6 Å². The molecule has 0 aromatic heterocycles. The lowest BCUT2D eigenvalue weighted by molar-refractivity contribution is -0.139. The Hall–Kier alpha value is -0.650. The average molecular weight is 216 g/mol. The lowest BCUT2D eigenvalue weighted by Gasteiger charge is -2.23. The van der Waals surface area contributed by atoms with E-state index < -0.39 is 17.7 Å². The zero-order chi connectivity index (χ0) is 11.5. The van der Waals surface area contributed by atoms with Gasteiger partial charge in [-0.15, -0.1) is 0 Å². The fourth-order valence-electron chi connectivity index (χ4n) is 1.53. The van der Waals surface area contributed by atoms with E-state index in [2.05, 4.69) is 5.32 Å². The lowest BCUT2D eigenvalue weighted by Crippen LogP contribution is -2.50. The Kier molecular flexibility index (Phi) is 4.07. The van der Waals surface area contributed by atoms with Gasteiger partial charge in [0.25, 0.3) is 5.91 Å². The molecule has 1 rings (SSSR count). The molecular weight excluding hydrogens is 196 g/mol. The number of nitrogens with one attached hydrogen (secondary N) is 1. The van der Waals surface area contributed by atoms with Crippen molar-refractivity contribution in [3.8, 4) is 0 Å². The fraction of sp³-hybridized carbons (Fsp3) is 0.900.